The first-order chi connectivity index (χ1) is 4.93. The zero-order valence-corrected chi connectivity index (χ0v) is 8.95. The molecule has 0 N–H and O–H groups in total. The molecule has 1 aromatic rings. The van der Waals surface area contributed by atoms with Gasteiger partial charge in [-0.2, -0.15) is 0 Å². The molecule has 11 heavy (non-hydrogen) atoms. The van der Waals surface area contributed by atoms with Gasteiger partial charge in [-0.1, -0.05) is 37.5 Å². The van der Waals surface area contributed by atoms with Gasteiger partial charge in [0.1, 0.15) is 10.7 Å². The summed E-state index contributed by atoms with van der Waals surface area (Å²) in [6.45, 7) is 6.09. The predicted octanol–water partition coefficient (Wildman–Crippen LogP) is 3.39. The van der Waals surface area contributed by atoms with Crippen molar-refractivity contribution in [2.45, 2.75) is 26.2 Å². The summed E-state index contributed by atoms with van der Waals surface area (Å²) >= 11 is 9.04. The molecule has 4 heteroatoms. The SMILES string of the molecule is CC(C)(C)c1noc(Br)c1Cl. The van der Waals surface area contributed by atoms with E-state index in [9.17, 15) is 0 Å². The first-order valence-corrected chi connectivity index (χ1v) is 4.41. The molecule has 0 radical (unpaired) electrons. The van der Waals surface area contributed by atoms with E-state index in [1.807, 2.05) is 20.8 Å². The molecule has 0 bridgehead atoms. The Balaban J connectivity index is 3.15. The van der Waals surface area contributed by atoms with E-state index < -0.39 is 0 Å². The standard InChI is InChI=1S/C7H9BrClNO/c1-7(2,3)5-4(9)6(8)11-10-5/h1-3H3. The zero-order chi connectivity index (χ0) is 8.65. The molecule has 1 aromatic heterocycles. The molecule has 0 unspecified atom stereocenters. The highest BCUT2D eigenvalue weighted by Gasteiger charge is 2.23. The van der Waals surface area contributed by atoms with Crippen LogP contribution in [0.5, 0.6) is 0 Å². The molecule has 0 fully saturated rings. The molecule has 1 heterocycles. The lowest BCUT2D eigenvalue weighted by molar-refractivity contribution is 0.377. The molecule has 0 atom stereocenters. The van der Waals surface area contributed by atoms with Crippen LogP contribution in [0.25, 0.3) is 0 Å². The number of halogens is 2. The van der Waals surface area contributed by atoms with E-state index in [0.717, 1.165) is 5.69 Å². The lowest BCUT2D eigenvalue weighted by atomic mass is 9.93. The summed E-state index contributed by atoms with van der Waals surface area (Å²) in [7, 11) is 0. The zero-order valence-electron chi connectivity index (χ0n) is 6.61. The van der Waals surface area contributed by atoms with Crippen LogP contribution < -0.4 is 0 Å². The first-order valence-electron chi connectivity index (χ1n) is 3.24. The fraction of sp³-hybridized carbons (Fsp3) is 0.571. The average Bonchev–Trinajstić information content (AvgIpc) is 2.11. The first kappa shape index (κ1) is 9.07. The summed E-state index contributed by atoms with van der Waals surface area (Å²) in [6, 6.07) is 0. The highest BCUT2D eigenvalue weighted by atomic mass is 79.9. The maximum atomic E-state index is 5.89. The van der Waals surface area contributed by atoms with Gasteiger partial charge in [0, 0.05) is 5.41 Å². The van der Waals surface area contributed by atoms with E-state index in [1.165, 1.54) is 0 Å². The fourth-order valence-corrected chi connectivity index (χ4v) is 1.34. The van der Waals surface area contributed by atoms with Gasteiger partial charge in [-0.15, -0.1) is 0 Å². The van der Waals surface area contributed by atoms with Gasteiger partial charge in [-0.05, 0) is 15.9 Å². The molecule has 0 aliphatic heterocycles. The maximum Gasteiger partial charge on any atom is 0.220 e. The normalized spacial score (nSPS) is 12.1. The number of hydrogen-bond acceptors (Lipinski definition) is 2. The minimum absolute atomic E-state index is 0.0629. The summed E-state index contributed by atoms with van der Waals surface area (Å²) in [6.07, 6.45) is 0. The second kappa shape index (κ2) is 2.79. The number of rotatable bonds is 0. The molecule has 0 saturated heterocycles. The number of nitrogens with zero attached hydrogens (tertiary/aromatic N) is 1. The Kier molecular flexibility index (Phi) is 2.30. The van der Waals surface area contributed by atoms with Crippen LogP contribution >= 0.6 is 27.5 Å². The molecule has 0 aliphatic carbocycles. The molecule has 0 spiro atoms. The Bertz CT molecular complexity index is 264. The van der Waals surface area contributed by atoms with Crippen molar-refractivity contribution in [2.75, 3.05) is 0 Å². The largest absolute Gasteiger partial charge is 0.347 e. The van der Waals surface area contributed by atoms with Gasteiger partial charge in [0.2, 0.25) is 4.67 Å². The second-order valence-corrected chi connectivity index (χ2v) is 4.47. The third-order valence-corrected chi connectivity index (χ3v) is 2.43. The summed E-state index contributed by atoms with van der Waals surface area (Å²) in [4.78, 5) is 0. The fourth-order valence-electron chi connectivity index (χ4n) is 0.725. The van der Waals surface area contributed by atoms with Gasteiger partial charge in [0.25, 0.3) is 0 Å². The molecule has 0 aliphatic rings. The van der Waals surface area contributed by atoms with Gasteiger partial charge in [-0.3, -0.25) is 0 Å². The van der Waals surface area contributed by atoms with Crippen molar-refractivity contribution >= 4 is 27.5 Å². The van der Waals surface area contributed by atoms with Crippen molar-refractivity contribution in [3.63, 3.8) is 0 Å². The topological polar surface area (TPSA) is 26.0 Å². The van der Waals surface area contributed by atoms with Crippen LogP contribution in [0.4, 0.5) is 0 Å². The van der Waals surface area contributed by atoms with E-state index in [2.05, 4.69) is 21.1 Å². The average molecular weight is 239 g/mol. The molecule has 1 rings (SSSR count). The molecule has 0 aromatic carbocycles. The van der Waals surface area contributed by atoms with Crippen molar-refractivity contribution in [3.05, 3.63) is 15.4 Å². The smallest absolute Gasteiger partial charge is 0.220 e. The molecule has 0 amide bonds. The summed E-state index contributed by atoms with van der Waals surface area (Å²) in [5, 5.41) is 4.40. The Morgan fingerprint density at radius 3 is 2.18 bits per heavy atom. The van der Waals surface area contributed by atoms with Crippen LogP contribution in [0.1, 0.15) is 26.5 Å². The lowest BCUT2D eigenvalue weighted by Crippen LogP contribution is -2.11. The van der Waals surface area contributed by atoms with Gasteiger partial charge in [0.05, 0.1) is 0 Å². The maximum absolute atomic E-state index is 5.89. The van der Waals surface area contributed by atoms with E-state index in [-0.39, 0.29) is 5.41 Å². The minimum atomic E-state index is -0.0629. The summed E-state index contributed by atoms with van der Waals surface area (Å²) in [5.41, 5.74) is 0.720. The van der Waals surface area contributed by atoms with Crippen LogP contribution in [0, 0.1) is 0 Å². The highest BCUT2D eigenvalue weighted by molar-refractivity contribution is 9.10. The molecule has 62 valence electrons. The van der Waals surface area contributed by atoms with Gasteiger partial charge < -0.3 is 4.52 Å². The minimum Gasteiger partial charge on any atom is -0.347 e. The van der Waals surface area contributed by atoms with Crippen LogP contribution in [0.2, 0.25) is 5.02 Å². The molecule has 2 nitrogen and oxygen atoms in total. The second-order valence-electron chi connectivity index (χ2n) is 3.37. The van der Waals surface area contributed by atoms with Crippen LogP contribution in [0.15, 0.2) is 9.19 Å². The van der Waals surface area contributed by atoms with Crippen molar-refractivity contribution in [2.24, 2.45) is 0 Å². The molecular weight excluding hydrogens is 229 g/mol. The Morgan fingerprint density at radius 2 is 2.00 bits per heavy atom. The van der Waals surface area contributed by atoms with Gasteiger partial charge in [-0.25, -0.2) is 0 Å². The van der Waals surface area contributed by atoms with E-state index in [1.54, 1.807) is 0 Å². The van der Waals surface area contributed by atoms with Crippen molar-refractivity contribution in [1.29, 1.82) is 0 Å². The highest BCUT2D eigenvalue weighted by Crippen LogP contribution is 2.33. The van der Waals surface area contributed by atoms with E-state index in [0.29, 0.717) is 9.69 Å². The summed E-state index contributed by atoms with van der Waals surface area (Å²) in [5.74, 6) is 0. The third kappa shape index (κ3) is 1.76. The van der Waals surface area contributed by atoms with Crippen molar-refractivity contribution in [1.82, 2.24) is 5.16 Å². The lowest BCUT2D eigenvalue weighted by Gasteiger charge is -2.13. The molecular formula is C7H9BrClNO. The van der Waals surface area contributed by atoms with Gasteiger partial charge >= 0.3 is 0 Å². The quantitative estimate of drug-likeness (QED) is 0.692. The van der Waals surface area contributed by atoms with Crippen molar-refractivity contribution < 1.29 is 4.52 Å². The number of aromatic nitrogens is 1. The van der Waals surface area contributed by atoms with Crippen LogP contribution in [0.3, 0.4) is 0 Å². The monoisotopic (exact) mass is 237 g/mol. The van der Waals surface area contributed by atoms with Crippen LogP contribution in [-0.4, -0.2) is 5.16 Å². The van der Waals surface area contributed by atoms with E-state index in [4.69, 9.17) is 16.1 Å². The number of hydrogen-bond donors (Lipinski definition) is 0. The third-order valence-electron chi connectivity index (χ3n) is 1.31. The molecule has 0 saturated carbocycles. The van der Waals surface area contributed by atoms with Gasteiger partial charge in [0.15, 0.2) is 0 Å². The van der Waals surface area contributed by atoms with Crippen molar-refractivity contribution in [3.8, 4) is 0 Å². The summed E-state index contributed by atoms with van der Waals surface area (Å²) < 4.78 is 5.36. The Hall–Kier alpha value is -0.0200. The Labute approximate surface area is 79.0 Å². The van der Waals surface area contributed by atoms with Crippen LogP contribution in [-0.2, 0) is 5.41 Å². The van der Waals surface area contributed by atoms with E-state index >= 15 is 0 Å². The Morgan fingerprint density at radius 1 is 1.45 bits per heavy atom. The predicted molar refractivity (Wildman–Crippen MR) is 47.9 cm³/mol.